The van der Waals surface area contributed by atoms with Gasteiger partial charge in [0.25, 0.3) is 5.91 Å². The lowest BCUT2D eigenvalue weighted by Crippen LogP contribution is -2.27. The van der Waals surface area contributed by atoms with Crippen molar-refractivity contribution in [2.45, 2.75) is 40.2 Å². The highest BCUT2D eigenvalue weighted by molar-refractivity contribution is 6.06. The maximum absolute atomic E-state index is 12.6. The van der Waals surface area contributed by atoms with Crippen molar-refractivity contribution in [3.8, 4) is 5.88 Å². The molecule has 0 radical (unpaired) electrons. The fourth-order valence-electron chi connectivity index (χ4n) is 2.15. The van der Waals surface area contributed by atoms with Crippen LogP contribution in [0.2, 0.25) is 0 Å². The van der Waals surface area contributed by atoms with Crippen LogP contribution in [0, 0.1) is 13.8 Å². The fourth-order valence-corrected chi connectivity index (χ4v) is 2.15. The first kappa shape index (κ1) is 16.0. The number of carbonyl (C=O) groups excluding carboxylic acids is 1. The van der Waals surface area contributed by atoms with Gasteiger partial charge in [-0.3, -0.25) is 4.79 Å². The van der Waals surface area contributed by atoms with E-state index in [1.165, 1.54) is 4.90 Å². The summed E-state index contributed by atoms with van der Waals surface area (Å²) in [5, 5.41) is 3.88. The zero-order valence-electron chi connectivity index (χ0n) is 13.6. The fraction of sp³-hybridized carbons (Fsp3) is 0.438. The molecule has 0 unspecified atom stereocenters. The van der Waals surface area contributed by atoms with Crippen molar-refractivity contribution < 1.29 is 14.1 Å². The monoisotopic (exact) mass is 303 g/mol. The lowest BCUT2D eigenvalue weighted by Gasteiger charge is -2.17. The average molecular weight is 303 g/mol. The van der Waals surface area contributed by atoms with E-state index in [9.17, 15) is 4.79 Å². The average Bonchev–Trinajstić information content (AvgIpc) is 2.85. The van der Waals surface area contributed by atoms with Gasteiger partial charge in [0.15, 0.2) is 5.76 Å². The molecule has 0 spiro atoms. The van der Waals surface area contributed by atoms with E-state index in [0.29, 0.717) is 28.6 Å². The SMILES string of the molecule is CC[C@H](C)Oc1cc(C(=O)N(C)c2c(C)noc2C)ccn1. The molecular weight excluding hydrogens is 282 g/mol. The lowest BCUT2D eigenvalue weighted by atomic mass is 10.2. The van der Waals surface area contributed by atoms with Gasteiger partial charge in [0, 0.05) is 24.9 Å². The summed E-state index contributed by atoms with van der Waals surface area (Å²) in [6, 6.07) is 3.32. The third-order valence-electron chi connectivity index (χ3n) is 3.51. The third-order valence-corrected chi connectivity index (χ3v) is 3.51. The molecule has 22 heavy (non-hydrogen) atoms. The van der Waals surface area contributed by atoms with Crippen LogP contribution < -0.4 is 9.64 Å². The van der Waals surface area contributed by atoms with Crippen molar-refractivity contribution in [3.63, 3.8) is 0 Å². The normalized spacial score (nSPS) is 12.0. The number of amides is 1. The predicted molar refractivity (Wildman–Crippen MR) is 83.3 cm³/mol. The molecule has 0 fully saturated rings. The Morgan fingerprint density at radius 3 is 2.77 bits per heavy atom. The van der Waals surface area contributed by atoms with Gasteiger partial charge in [-0.1, -0.05) is 12.1 Å². The lowest BCUT2D eigenvalue weighted by molar-refractivity contribution is 0.0991. The van der Waals surface area contributed by atoms with Crippen LogP contribution in [0.3, 0.4) is 0 Å². The van der Waals surface area contributed by atoms with E-state index < -0.39 is 0 Å². The second kappa shape index (κ2) is 6.60. The molecule has 1 amide bonds. The van der Waals surface area contributed by atoms with E-state index in [1.807, 2.05) is 13.8 Å². The number of rotatable bonds is 5. The van der Waals surface area contributed by atoms with Crippen LogP contribution in [-0.4, -0.2) is 29.2 Å². The number of anilines is 1. The molecule has 2 rings (SSSR count). The van der Waals surface area contributed by atoms with Gasteiger partial charge in [-0.2, -0.15) is 0 Å². The molecule has 0 aliphatic heterocycles. The second-order valence-electron chi connectivity index (χ2n) is 5.26. The summed E-state index contributed by atoms with van der Waals surface area (Å²) >= 11 is 0. The molecule has 2 heterocycles. The minimum absolute atomic E-state index is 0.0538. The van der Waals surface area contributed by atoms with Crippen molar-refractivity contribution >= 4 is 11.6 Å². The van der Waals surface area contributed by atoms with Crippen LogP contribution in [0.25, 0.3) is 0 Å². The highest BCUT2D eigenvalue weighted by Crippen LogP contribution is 2.25. The number of aromatic nitrogens is 2. The molecule has 0 aliphatic carbocycles. The molecular formula is C16H21N3O3. The molecule has 118 valence electrons. The number of hydrogen-bond acceptors (Lipinski definition) is 5. The first-order valence-corrected chi connectivity index (χ1v) is 7.27. The number of ether oxygens (including phenoxy) is 1. The summed E-state index contributed by atoms with van der Waals surface area (Å²) in [6.45, 7) is 7.58. The maximum Gasteiger partial charge on any atom is 0.258 e. The van der Waals surface area contributed by atoms with Crippen LogP contribution >= 0.6 is 0 Å². The van der Waals surface area contributed by atoms with Crippen molar-refractivity contribution in [1.29, 1.82) is 0 Å². The molecule has 0 N–H and O–H groups in total. The van der Waals surface area contributed by atoms with Crippen LogP contribution in [0.1, 0.15) is 42.1 Å². The Balaban J connectivity index is 2.24. The van der Waals surface area contributed by atoms with E-state index >= 15 is 0 Å². The molecule has 2 aromatic heterocycles. The van der Waals surface area contributed by atoms with Crippen LogP contribution in [-0.2, 0) is 0 Å². The summed E-state index contributed by atoms with van der Waals surface area (Å²) in [5.74, 6) is 0.900. The zero-order valence-corrected chi connectivity index (χ0v) is 13.6. The minimum atomic E-state index is -0.161. The van der Waals surface area contributed by atoms with Crippen molar-refractivity contribution in [2.24, 2.45) is 0 Å². The van der Waals surface area contributed by atoms with Crippen molar-refractivity contribution in [2.75, 3.05) is 11.9 Å². The standard InChI is InChI=1S/C16H21N3O3/c1-6-10(2)21-14-9-13(7-8-17-14)16(20)19(5)15-11(3)18-22-12(15)4/h7-10H,6H2,1-5H3/t10-/m0/s1. The predicted octanol–water partition coefficient (Wildman–Crippen LogP) is 3.14. The van der Waals surface area contributed by atoms with Gasteiger partial charge in [0.2, 0.25) is 5.88 Å². The Hall–Kier alpha value is -2.37. The van der Waals surface area contributed by atoms with E-state index in [0.717, 1.165) is 6.42 Å². The van der Waals surface area contributed by atoms with Gasteiger partial charge in [-0.25, -0.2) is 4.98 Å². The molecule has 0 aliphatic rings. The molecule has 0 aromatic carbocycles. The molecule has 0 saturated heterocycles. The van der Waals surface area contributed by atoms with Gasteiger partial charge in [0.1, 0.15) is 11.4 Å². The highest BCUT2D eigenvalue weighted by Gasteiger charge is 2.21. The van der Waals surface area contributed by atoms with Crippen LogP contribution in [0.15, 0.2) is 22.9 Å². The van der Waals surface area contributed by atoms with E-state index in [4.69, 9.17) is 9.26 Å². The molecule has 6 nitrogen and oxygen atoms in total. The molecule has 1 atom stereocenters. The van der Waals surface area contributed by atoms with Crippen LogP contribution in [0.4, 0.5) is 5.69 Å². The van der Waals surface area contributed by atoms with Crippen molar-refractivity contribution in [3.05, 3.63) is 35.3 Å². The van der Waals surface area contributed by atoms with Crippen LogP contribution in [0.5, 0.6) is 5.88 Å². The summed E-state index contributed by atoms with van der Waals surface area (Å²) < 4.78 is 10.8. The molecule has 2 aromatic rings. The Morgan fingerprint density at radius 2 is 2.18 bits per heavy atom. The first-order chi connectivity index (χ1) is 10.4. The smallest absolute Gasteiger partial charge is 0.258 e. The summed E-state index contributed by atoms with van der Waals surface area (Å²) in [5.41, 5.74) is 1.88. The van der Waals surface area contributed by atoms with E-state index in [1.54, 1.807) is 39.2 Å². The number of aryl methyl sites for hydroxylation is 2. The van der Waals surface area contributed by atoms with Crippen molar-refractivity contribution in [1.82, 2.24) is 10.1 Å². The number of pyridine rings is 1. The van der Waals surface area contributed by atoms with Gasteiger partial charge in [-0.15, -0.1) is 0 Å². The Morgan fingerprint density at radius 1 is 1.45 bits per heavy atom. The van der Waals surface area contributed by atoms with E-state index in [-0.39, 0.29) is 12.0 Å². The van der Waals surface area contributed by atoms with Gasteiger partial charge < -0.3 is 14.2 Å². The van der Waals surface area contributed by atoms with Gasteiger partial charge in [0.05, 0.1) is 6.10 Å². The molecule has 6 heteroatoms. The topological polar surface area (TPSA) is 68.5 Å². The quantitative estimate of drug-likeness (QED) is 0.848. The van der Waals surface area contributed by atoms with E-state index in [2.05, 4.69) is 10.1 Å². The Labute approximate surface area is 130 Å². The number of nitrogens with zero attached hydrogens (tertiary/aromatic N) is 3. The molecule has 0 bridgehead atoms. The van der Waals surface area contributed by atoms with Gasteiger partial charge >= 0.3 is 0 Å². The minimum Gasteiger partial charge on any atom is -0.475 e. The third kappa shape index (κ3) is 3.27. The summed E-state index contributed by atoms with van der Waals surface area (Å²) in [4.78, 5) is 18.3. The molecule has 0 saturated carbocycles. The zero-order chi connectivity index (χ0) is 16.3. The second-order valence-corrected chi connectivity index (χ2v) is 5.26. The number of hydrogen-bond donors (Lipinski definition) is 0. The highest BCUT2D eigenvalue weighted by atomic mass is 16.5. The van der Waals surface area contributed by atoms with Gasteiger partial charge in [-0.05, 0) is 33.3 Å². The first-order valence-electron chi connectivity index (χ1n) is 7.27. The number of carbonyl (C=O) groups is 1. The summed E-state index contributed by atoms with van der Waals surface area (Å²) in [7, 11) is 1.70. The maximum atomic E-state index is 12.6. The Bertz CT molecular complexity index is 647. The largest absolute Gasteiger partial charge is 0.475 e. The Kier molecular flexibility index (Phi) is 4.80. The summed E-state index contributed by atoms with van der Waals surface area (Å²) in [6.07, 6.45) is 2.50.